The number of hydrogen-bond donors (Lipinski definition) is 2. The molecule has 1 unspecified atom stereocenters. The molecule has 3 aromatic rings. The van der Waals surface area contributed by atoms with Gasteiger partial charge in [0.1, 0.15) is 23.3 Å². The number of nitrogens with two attached hydrogens (primary N) is 1. The Balaban J connectivity index is 1.76. The first-order chi connectivity index (χ1) is 17.0. The van der Waals surface area contributed by atoms with E-state index in [0.717, 1.165) is 0 Å². The Labute approximate surface area is 209 Å². The zero-order chi connectivity index (χ0) is 26.2. The van der Waals surface area contributed by atoms with Crippen LogP contribution in [-0.4, -0.2) is 50.2 Å². The number of nitriles is 1. The van der Waals surface area contributed by atoms with Crippen molar-refractivity contribution in [2.24, 2.45) is 0 Å². The summed E-state index contributed by atoms with van der Waals surface area (Å²) in [5.41, 5.74) is 6.39. The van der Waals surface area contributed by atoms with Crippen LogP contribution in [0.1, 0.15) is 48.9 Å². The molecule has 3 N–H and O–H groups in total. The lowest BCUT2D eigenvalue weighted by atomic mass is 10.0. The molecule has 0 spiro atoms. The van der Waals surface area contributed by atoms with Crippen molar-refractivity contribution in [3.05, 3.63) is 50.7 Å². The van der Waals surface area contributed by atoms with E-state index in [1.54, 1.807) is 32.0 Å². The number of nitrogen functional groups attached to an aromatic ring is 1. The number of aryl methyl sites for hydroxylation is 1. The molecule has 0 aliphatic carbocycles. The van der Waals surface area contributed by atoms with Gasteiger partial charge in [-0.3, -0.25) is 14.3 Å². The molecule has 1 saturated heterocycles. The van der Waals surface area contributed by atoms with Crippen molar-refractivity contribution in [2.75, 3.05) is 30.7 Å². The largest absolute Gasteiger partial charge is 0.401 e. The number of likely N-dealkylation sites (tertiary alicyclic amines) is 1. The number of piperidine rings is 1. The van der Waals surface area contributed by atoms with Crippen molar-refractivity contribution >= 4 is 34.3 Å². The Kier molecular flexibility index (Phi) is 7.06. The van der Waals surface area contributed by atoms with Gasteiger partial charge in [-0.2, -0.15) is 23.4 Å². The number of halogens is 4. The van der Waals surface area contributed by atoms with Gasteiger partial charge < -0.3 is 11.1 Å². The highest BCUT2D eigenvalue weighted by molar-refractivity contribution is 6.35. The molecular weight excluding hydrogens is 497 g/mol. The van der Waals surface area contributed by atoms with E-state index in [1.165, 1.54) is 9.47 Å². The van der Waals surface area contributed by atoms with Gasteiger partial charge in [-0.1, -0.05) is 17.7 Å². The smallest absolute Gasteiger partial charge is 0.368 e. The van der Waals surface area contributed by atoms with E-state index < -0.39 is 18.8 Å². The van der Waals surface area contributed by atoms with Crippen molar-refractivity contribution in [3.63, 3.8) is 0 Å². The molecule has 36 heavy (non-hydrogen) atoms. The topological polar surface area (TPSA) is 126 Å². The summed E-state index contributed by atoms with van der Waals surface area (Å²) in [5, 5.41) is 13.2. The van der Waals surface area contributed by atoms with Crippen LogP contribution in [0.15, 0.2) is 23.0 Å². The molecule has 1 aliphatic heterocycles. The number of nitrogens with one attached hydrogen (secondary N) is 1. The average molecular weight is 521 g/mol. The molecule has 1 aromatic carbocycles. The van der Waals surface area contributed by atoms with Crippen molar-refractivity contribution in [1.29, 1.82) is 5.26 Å². The first kappa shape index (κ1) is 25.7. The molecular formula is C23H24ClF3N8O. The van der Waals surface area contributed by atoms with Crippen LogP contribution in [0.3, 0.4) is 0 Å². The Morgan fingerprint density at radius 3 is 2.61 bits per heavy atom. The number of anilines is 2. The maximum Gasteiger partial charge on any atom is 0.401 e. The van der Waals surface area contributed by atoms with Gasteiger partial charge in [-0.15, -0.1) is 0 Å². The maximum absolute atomic E-state index is 13.7. The van der Waals surface area contributed by atoms with E-state index in [9.17, 15) is 23.2 Å². The van der Waals surface area contributed by atoms with Crippen LogP contribution in [0.4, 0.5) is 24.9 Å². The Bertz CT molecular complexity index is 1390. The molecule has 1 aliphatic rings. The summed E-state index contributed by atoms with van der Waals surface area (Å²) in [7, 11) is 0. The minimum absolute atomic E-state index is 0.0196. The molecule has 0 bridgehead atoms. The van der Waals surface area contributed by atoms with E-state index in [4.69, 9.17) is 22.3 Å². The average Bonchev–Trinajstić information content (AvgIpc) is 2.78. The van der Waals surface area contributed by atoms with Gasteiger partial charge in [-0.25, -0.2) is 9.97 Å². The number of benzene rings is 1. The monoisotopic (exact) mass is 520 g/mol. The van der Waals surface area contributed by atoms with Crippen molar-refractivity contribution < 1.29 is 13.2 Å². The predicted octanol–water partition coefficient (Wildman–Crippen LogP) is 3.97. The van der Waals surface area contributed by atoms with Gasteiger partial charge in [0.25, 0.3) is 5.56 Å². The highest BCUT2D eigenvalue weighted by Gasteiger charge is 2.34. The van der Waals surface area contributed by atoms with E-state index in [1.807, 2.05) is 0 Å². The number of aromatic nitrogens is 4. The predicted molar refractivity (Wildman–Crippen MR) is 130 cm³/mol. The molecule has 4 rings (SSSR count). The van der Waals surface area contributed by atoms with E-state index in [0.29, 0.717) is 29.9 Å². The van der Waals surface area contributed by atoms with Crippen LogP contribution < -0.4 is 16.6 Å². The van der Waals surface area contributed by atoms with Crippen LogP contribution >= 0.6 is 11.6 Å². The third-order valence-corrected chi connectivity index (χ3v) is 6.51. The zero-order valence-corrected chi connectivity index (χ0v) is 20.4. The van der Waals surface area contributed by atoms with Crippen molar-refractivity contribution in [3.8, 4) is 6.07 Å². The Hall–Kier alpha value is -3.43. The highest BCUT2D eigenvalue weighted by atomic mass is 35.5. The second kappa shape index (κ2) is 9.91. The first-order valence-electron chi connectivity index (χ1n) is 11.3. The molecule has 0 saturated carbocycles. The van der Waals surface area contributed by atoms with Crippen LogP contribution in [0, 0.1) is 18.3 Å². The molecule has 3 heterocycles. The Morgan fingerprint density at radius 2 is 1.97 bits per heavy atom. The van der Waals surface area contributed by atoms with E-state index >= 15 is 0 Å². The quantitative estimate of drug-likeness (QED) is 0.517. The fourth-order valence-electron chi connectivity index (χ4n) is 4.57. The van der Waals surface area contributed by atoms with Gasteiger partial charge in [0.05, 0.1) is 34.2 Å². The summed E-state index contributed by atoms with van der Waals surface area (Å²) in [5.74, 6) is 0.527. The van der Waals surface area contributed by atoms with Crippen molar-refractivity contribution in [2.45, 2.75) is 44.9 Å². The number of alkyl halides is 3. The van der Waals surface area contributed by atoms with Gasteiger partial charge in [0.2, 0.25) is 5.95 Å². The third kappa shape index (κ3) is 5.22. The summed E-state index contributed by atoms with van der Waals surface area (Å²) >= 11 is 6.34. The first-order valence-corrected chi connectivity index (χ1v) is 11.7. The van der Waals surface area contributed by atoms with E-state index in [-0.39, 0.29) is 52.4 Å². The van der Waals surface area contributed by atoms with Crippen LogP contribution in [-0.2, 0) is 0 Å². The second-order valence-corrected chi connectivity index (χ2v) is 9.18. The molecule has 9 nitrogen and oxygen atoms in total. The highest BCUT2D eigenvalue weighted by Crippen LogP contribution is 2.30. The molecule has 0 amide bonds. The Morgan fingerprint density at radius 1 is 1.28 bits per heavy atom. The van der Waals surface area contributed by atoms with Gasteiger partial charge in [-0.05, 0) is 38.8 Å². The summed E-state index contributed by atoms with van der Waals surface area (Å²) < 4.78 is 40.1. The van der Waals surface area contributed by atoms with Gasteiger partial charge >= 0.3 is 6.18 Å². The minimum atomic E-state index is -4.29. The fraction of sp³-hybridized carbons (Fsp3) is 0.435. The third-order valence-electron chi connectivity index (χ3n) is 6.19. The minimum Gasteiger partial charge on any atom is -0.368 e. The lowest BCUT2D eigenvalue weighted by molar-refractivity contribution is -0.148. The molecule has 2 aromatic heterocycles. The van der Waals surface area contributed by atoms with E-state index in [2.05, 4.69) is 21.4 Å². The summed E-state index contributed by atoms with van der Waals surface area (Å²) in [6, 6.07) is 5.99. The normalized spacial score (nSPS) is 16.1. The second-order valence-electron chi connectivity index (χ2n) is 8.77. The lowest BCUT2D eigenvalue weighted by Crippen LogP contribution is -2.43. The van der Waals surface area contributed by atoms with Crippen LogP contribution in [0.5, 0.6) is 0 Å². The summed E-state index contributed by atoms with van der Waals surface area (Å²) in [6.07, 6.45) is -3.63. The SMILES string of the molecule is Cc1nc(N)nc(NC(C)c2nc3cccc(Cl)c3c(=O)n2C2CCN(CC(F)(F)F)CC2)c1C#N. The number of nitrogens with zero attached hydrogens (tertiary/aromatic N) is 6. The number of fused-ring (bicyclic) bond motifs is 1. The molecule has 0 radical (unpaired) electrons. The fourth-order valence-corrected chi connectivity index (χ4v) is 4.82. The number of hydrogen-bond acceptors (Lipinski definition) is 8. The zero-order valence-electron chi connectivity index (χ0n) is 19.6. The summed E-state index contributed by atoms with van der Waals surface area (Å²) in [6.45, 7) is 2.75. The van der Waals surface area contributed by atoms with Gasteiger partial charge in [0, 0.05) is 19.1 Å². The molecule has 1 atom stereocenters. The summed E-state index contributed by atoms with van der Waals surface area (Å²) in [4.78, 5) is 27.9. The number of rotatable bonds is 5. The molecule has 1 fully saturated rings. The van der Waals surface area contributed by atoms with Gasteiger partial charge in [0.15, 0.2) is 0 Å². The van der Waals surface area contributed by atoms with Crippen LogP contribution in [0.2, 0.25) is 5.02 Å². The van der Waals surface area contributed by atoms with Crippen molar-refractivity contribution in [1.82, 2.24) is 24.4 Å². The standard InChI is InChI=1S/C23H24ClF3N8O/c1-12-15(10-28)19(33-22(29)31-12)30-13(2)20-32-17-5-3-4-16(24)18(17)21(36)35(20)14-6-8-34(9-7-14)11-23(25,26)27/h3-5,13-14H,6-9,11H2,1-2H3,(H3,29,30,31,33). The molecule has 190 valence electrons. The van der Waals surface area contributed by atoms with Crippen LogP contribution in [0.25, 0.3) is 10.9 Å². The maximum atomic E-state index is 13.7. The lowest BCUT2D eigenvalue weighted by Gasteiger charge is -2.34. The molecule has 13 heteroatoms.